The molecule has 5 heteroatoms. The van der Waals surface area contributed by atoms with Gasteiger partial charge < -0.3 is 0 Å². The van der Waals surface area contributed by atoms with Crippen molar-refractivity contribution in [2.75, 3.05) is 0 Å². The van der Waals surface area contributed by atoms with Crippen LogP contribution in [0, 0.1) is 0 Å². The third kappa shape index (κ3) is 2.02. The smallest absolute Gasteiger partial charge is 0.226 e. The standard InChI is InChI=1S/C18H21N4P/c1-19-13-9-5-6-10-14(13)20(2)17(19)23-18-21(3)15-11-7-8-12-16(15)22(18)4/h5-12,23H,1-4H3/q+2. The molecular weight excluding hydrogens is 303 g/mol. The van der Waals surface area contributed by atoms with E-state index in [9.17, 15) is 0 Å². The van der Waals surface area contributed by atoms with E-state index in [1.807, 2.05) is 0 Å². The summed E-state index contributed by atoms with van der Waals surface area (Å²) in [6.07, 6.45) is 0. The summed E-state index contributed by atoms with van der Waals surface area (Å²) < 4.78 is 9.24. The van der Waals surface area contributed by atoms with Crippen LogP contribution in [0.1, 0.15) is 0 Å². The number of imidazole rings is 2. The Balaban J connectivity index is 1.92. The van der Waals surface area contributed by atoms with Crippen molar-refractivity contribution >= 4 is 41.8 Å². The predicted molar refractivity (Wildman–Crippen MR) is 95.8 cm³/mol. The zero-order chi connectivity index (χ0) is 16.1. The van der Waals surface area contributed by atoms with E-state index in [4.69, 9.17) is 0 Å². The fraction of sp³-hybridized carbons (Fsp3) is 0.222. The summed E-state index contributed by atoms with van der Waals surface area (Å²) in [4.78, 5) is 0. The van der Waals surface area contributed by atoms with E-state index in [-0.39, 0.29) is 0 Å². The van der Waals surface area contributed by atoms with Crippen molar-refractivity contribution < 1.29 is 9.13 Å². The zero-order valence-corrected chi connectivity index (χ0v) is 14.9. The number of fused-ring (bicyclic) bond motifs is 2. The van der Waals surface area contributed by atoms with Crippen molar-refractivity contribution in [3.63, 3.8) is 0 Å². The summed E-state index contributed by atoms with van der Waals surface area (Å²) in [7, 11) is 9.23. The molecule has 0 atom stereocenters. The maximum Gasteiger partial charge on any atom is 0.286 e. The molecule has 116 valence electrons. The van der Waals surface area contributed by atoms with Gasteiger partial charge in [-0.2, -0.15) is 0 Å². The molecule has 0 saturated heterocycles. The highest BCUT2D eigenvalue weighted by atomic mass is 31.1. The van der Waals surface area contributed by atoms with Crippen molar-refractivity contribution in [1.82, 2.24) is 9.13 Å². The molecule has 0 aliphatic rings. The number of nitrogens with zero attached hydrogens (tertiary/aromatic N) is 4. The van der Waals surface area contributed by atoms with E-state index in [0.29, 0.717) is 8.58 Å². The van der Waals surface area contributed by atoms with Gasteiger partial charge in [0.15, 0.2) is 22.1 Å². The van der Waals surface area contributed by atoms with Crippen LogP contribution in [0.25, 0.3) is 22.1 Å². The highest BCUT2D eigenvalue weighted by molar-refractivity contribution is 7.53. The molecule has 0 saturated carbocycles. The molecule has 2 aromatic heterocycles. The minimum absolute atomic E-state index is 0.590. The van der Waals surface area contributed by atoms with Crippen molar-refractivity contribution in [2.45, 2.75) is 0 Å². The van der Waals surface area contributed by atoms with Gasteiger partial charge in [-0.1, -0.05) is 24.3 Å². The Hall–Kier alpha value is -2.19. The molecular formula is C18H21N4P+2. The first-order chi connectivity index (χ1) is 11.1. The van der Waals surface area contributed by atoms with E-state index in [1.54, 1.807) is 0 Å². The first-order valence-electron chi connectivity index (χ1n) is 7.73. The SMILES string of the molecule is Cn1c(Pc2n(C)c3ccccc3[n+]2C)[n+](C)c2ccccc21. The first kappa shape index (κ1) is 14.4. The van der Waals surface area contributed by atoms with Gasteiger partial charge in [-0.15, -0.1) is 0 Å². The molecule has 0 amide bonds. The van der Waals surface area contributed by atoms with Gasteiger partial charge in [-0.25, -0.2) is 18.3 Å². The molecule has 0 N–H and O–H groups in total. The predicted octanol–water partition coefficient (Wildman–Crippen LogP) is 0.948. The third-order valence-electron chi connectivity index (χ3n) is 4.70. The number of hydrogen-bond donors (Lipinski definition) is 0. The van der Waals surface area contributed by atoms with Gasteiger partial charge in [0, 0.05) is 0 Å². The summed E-state index contributed by atoms with van der Waals surface area (Å²) in [5.41, 5.74) is 7.76. The topological polar surface area (TPSA) is 17.6 Å². The fourth-order valence-electron chi connectivity index (χ4n) is 3.40. The van der Waals surface area contributed by atoms with Crippen LogP contribution >= 0.6 is 8.58 Å². The molecule has 0 spiro atoms. The van der Waals surface area contributed by atoms with E-state index in [0.717, 1.165) is 0 Å². The summed E-state index contributed by atoms with van der Waals surface area (Å²) in [6, 6.07) is 17.2. The van der Waals surface area contributed by atoms with Gasteiger partial charge >= 0.3 is 0 Å². The Morgan fingerprint density at radius 3 is 1.48 bits per heavy atom. The second-order valence-electron chi connectivity index (χ2n) is 5.99. The lowest BCUT2D eigenvalue weighted by Crippen LogP contribution is -2.49. The van der Waals surface area contributed by atoms with E-state index < -0.39 is 0 Å². The molecule has 23 heavy (non-hydrogen) atoms. The summed E-state index contributed by atoms with van der Waals surface area (Å²) in [5.74, 6) is 0. The number of hydrogen-bond acceptors (Lipinski definition) is 0. The maximum atomic E-state index is 2.31. The van der Waals surface area contributed by atoms with Crippen LogP contribution in [0.3, 0.4) is 0 Å². The van der Waals surface area contributed by atoms with Gasteiger partial charge in [0.1, 0.15) is 8.58 Å². The average molecular weight is 324 g/mol. The molecule has 0 radical (unpaired) electrons. The van der Waals surface area contributed by atoms with Crippen LogP contribution < -0.4 is 20.3 Å². The fourth-order valence-corrected chi connectivity index (χ4v) is 4.76. The summed E-state index contributed by atoms with van der Waals surface area (Å²) >= 11 is 0. The zero-order valence-electron chi connectivity index (χ0n) is 13.9. The molecule has 2 aromatic carbocycles. The van der Waals surface area contributed by atoms with Crippen LogP contribution in [-0.4, -0.2) is 9.13 Å². The van der Waals surface area contributed by atoms with Crippen molar-refractivity contribution in [3.05, 3.63) is 48.5 Å². The Morgan fingerprint density at radius 1 is 0.696 bits per heavy atom. The van der Waals surface area contributed by atoms with Crippen molar-refractivity contribution in [1.29, 1.82) is 0 Å². The van der Waals surface area contributed by atoms with Gasteiger partial charge in [0.2, 0.25) is 0 Å². The minimum Gasteiger partial charge on any atom is -0.226 e. The van der Waals surface area contributed by atoms with E-state index in [1.165, 1.54) is 33.2 Å². The van der Waals surface area contributed by atoms with Crippen LogP contribution in [0.2, 0.25) is 0 Å². The molecule has 4 rings (SSSR count). The number of aryl methyl sites for hydroxylation is 4. The molecule has 2 heterocycles. The van der Waals surface area contributed by atoms with Gasteiger partial charge in [0.05, 0.1) is 28.2 Å². The average Bonchev–Trinajstić information content (AvgIpc) is 2.97. The monoisotopic (exact) mass is 324 g/mol. The molecule has 0 aliphatic carbocycles. The normalized spacial score (nSPS) is 11.7. The summed E-state index contributed by atoms with van der Waals surface area (Å²) in [6.45, 7) is 0. The second kappa shape index (κ2) is 5.17. The molecule has 0 fully saturated rings. The third-order valence-corrected chi connectivity index (χ3v) is 6.49. The summed E-state index contributed by atoms with van der Waals surface area (Å²) in [5, 5.41) is 0. The lowest BCUT2D eigenvalue weighted by atomic mass is 10.3. The number of benzene rings is 2. The molecule has 0 bridgehead atoms. The largest absolute Gasteiger partial charge is 0.286 e. The molecule has 0 unspecified atom stereocenters. The van der Waals surface area contributed by atoms with Crippen LogP contribution in [-0.2, 0) is 28.2 Å². The van der Waals surface area contributed by atoms with Crippen LogP contribution in [0.15, 0.2) is 48.5 Å². The maximum absolute atomic E-state index is 2.31. The van der Waals surface area contributed by atoms with E-state index in [2.05, 4.69) is 95.0 Å². The Morgan fingerprint density at radius 2 is 1.09 bits per heavy atom. The molecule has 4 nitrogen and oxygen atoms in total. The number of aromatic nitrogens is 4. The molecule has 4 aromatic rings. The quantitative estimate of drug-likeness (QED) is 0.386. The Bertz CT molecular complexity index is 880. The number of para-hydroxylation sites is 4. The van der Waals surface area contributed by atoms with Gasteiger partial charge in [-0.3, -0.25) is 0 Å². The minimum atomic E-state index is 0.590. The second-order valence-corrected chi connectivity index (χ2v) is 7.13. The lowest BCUT2D eigenvalue weighted by molar-refractivity contribution is -0.630. The highest BCUT2D eigenvalue weighted by Gasteiger charge is 2.27. The van der Waals surface area contributed by atoms with Crippen LogP contribution in [0.5, 0.6) is 0 Å². The molecule has 0 aliphatic heterocycles. The lowest BCUT2D eigenvalue weighted by Gasteiger charge is -1.98. The Kier molecular flexibility index (Phi) is 3.24. The first-order valence-corrected chi connectivity index (χ1v) is 8.73. The van der Waals surface area contributed by atoms with Gasteiger partial charge in [0.25, 0.3) is 11.1 Å². The Labute approximate surface area is 137 Å². The number of rotatable bonds is 2. The van der Waals surface area contributed by atoms with E-state index >= 15 is 0 Å². The highest BCUT2D eigenvalue weighted by Crippen LogP contribution is 2.16. The van der Waals surface area contributed by atoms with Crippen LogP contribution in [0.4, 0.5) is 0 Å². The van der Waals surface area contributed by atoms with Crippen molar-refractivity contribution in [2.24, 2.45) is 28.2 Å². The van der Waals surface area contributed by atoms with Gasteiger partial charge in [-0.05, 0) is 24.3 Å². The van der Waals surface area contributed by atoms with Crippen molar-refractivity contribution in [3.8, 4) is 0 Å².